The van der Waals surface area contributed by atoms with Gasteiger partial charge in [0.15, 0.2) is 0 Å². The number of halogens is 5. The van der Waals surface area contributed by atoms with Crippen LogP contribution in [-0.2, 0) is 23.9 Å². The van der Waals surface area contributed by atoms with Crippen molar-refractivity contribution in [1.29, 1.82) is 5.26 Å². The largest absolute Gasteiger partial charge is 0.444 e. The molecular weight excluding hydrogens is 640 g/mol. The Morgan fingerprint density at radius 2 is 1.89 bits per heavy atom. The summed E-state index contributed by atoms with van der Waals surface area (Å²) in [5.41, 5.74) is 1.09. The molecule has 12 heteroatoms. The van der Waals surface area contributed by atoms with E-state index in [1.54, 1.807) is 82.3 Å². The molecule has 6 nitrogen and oxygen atoms in total. The Morgan fingerprint density at radius 3 is 2.54 bits per heavy atom. The number of nitrogens with one attached hydrogen (secondary N) is 2. The number of nitriles is 1. The second-order valence-corrected chi connectivity index (χ2v) is 12.5. The van der Waals surface area contributed by atoms with E-state index in [0.29, 0.717) is 28.0 Å². The summed E-state index contributed by atoms with van der Waals surface area (Å²) in [6.07, 6.45) is -3.68. The van der Waals surface area contributed by atoms with Crippen LogP contribution in [0.3, 0.4) is 0 Å². The van der Waals surface area contributed by atoms with Crippen LogP contribution in [0.15, 0.2) is 78.0 Å². The smallest absolute Gasteiger partial charge is 0.418 e. The summed E-state index contributed by atoms with van der Waals surface area (Å²) in [5.74, 6) is 0. The van der Waals surface area contributed by atoms with Crippen molar-refractivity contribution in [3.63, 3.8) is 0 Å². The zero-order valence-electron chi connectivity index (χ0n) is 25.6. The van der Waals surface area contributed by atoms with Gasteiger partial charge in [-0.3, -0.25) is 0 Å². The van der Waals surface area contributed by atoms with E-state index in [-0.39, 0.29) is 41.5 Å². The van der Waals surface area contributed by atoms with E-state index >= 15 is 4.39 Å². The molecule has 0 fully saturated rings. The first-order valence-electron chi connectivity index (χ1n) is 14.5. The van der Waals surface area contributed by atoms with Crippen LogP contribution in [0.5, 0.6) is 0 Å². The Morgan fingerprint density at radius 1 is 1.17 bits per heavy atom. The minimum atomic E-state index is -4.68. The molecule has 0 saturated heterocycles. The first-order valence-corrected chi connectivity index (χ1v) is 15.3. The fourth-order valence-electron chi connectivity index (χ4n) is 5.04. The third kappa shape index (κ3) is 8.36. The number of rotatable bonds is 8. The summed E-state index contributed by atoms with van der Waals surface area (Å²) in [6, 6.07) is 16.4. The van der Waals surface area contributed by atoms with Gasteiger partial charge in [-0.1, -0.05) is 49.5 Å². The second-order valence-electron chi connectivity index (χ2n) is 11.7. The zero-order chi connectivity index (χ0) is 33.8. The van der Waals surface area contributed by atoms with Crippen molar-refractivity contribution < 1.29 is 27.1 Å². The number of aromatic nitrogens is 1. The standard InChI is InChI=1S/C34H33ClF4N4O2S/c1-5-28-25(34(37,38)39)17-29(43(28)24-11-7-9-21(15-24)19-41-32(44)45-33(2,3)4)31(46)42-27-16-23(12-13-26(27)36)30(35)22-10-6-8-20(14-22)18-40/h6-12,14-17,26,30H,5,13,19H2,1-4H3,(H,41,44)(H,42,46). The fourth-order valence-corrected chi connectivity index (χ4v) is 5.60. The summed E-state index contributed by atoms with van der Waals surface area (Å²) >= 11 is 12.3. The average Bonchev–Trinajstić information content (AvgIpc) is 3.41. The van der Waals surface area contributed by atoms with E-state index in [0.717, 1.165) is 6.07 Å². The molecule has 1 heterocycles. The monoisotopic (exact) mass is 672 g/mol. The van der Waals surface area contributed by atoms with Gasteiger partial charge in [-0.2, -0.15) is 18.4 Å². The quantitative estimate of drug-likeness (QED) is 0.142. The van der Waals surface area contributed by atoms with Crippen LogP contribution in [-0.4, -0.2) is 27.4 Å². The second kappa shape index (κ2) is 14.1. The van der Waals surface area contributed by atoms with Crippen molar-refractivity contribution in [3.05, 3.63) is 112 Å². The predicted molar refractivity (Wildman–Crippen MR) is 173 cm³/mol. The lowest BCUT2D eigenvalue weighted by molar-refractivity contribution is -0.138. The number of alkyl carbamates (subject to hydrolysis) is 1. The lowest BCUT2D eigenvalue weighted by Crippen LogP contribution is -2.32. The molecule has 3 aromatic rings. The van der Waals surface area contributed by atoms with Gasteiger partial charge in [-0.05, 0) is 80.3 Å². The van der Waals surface area contributed by atoms with Crippen LogP contribution in [0.25, 0.3) is 5.69 Å². The summed E-state index contributed by atoms with van der Waals surface area (Å²) in [7, 11) is 0. The van der Waals surface area contributed by atoms with E-state index in [4.69, 9.17) is 28.6 Å². The minimum Gasteiger partial charge on any atom is -0.444 e. The number of hydrogen-bond acceptors (Lipinski definition) is 4. The highest BCUT2D eigenvalue weighted by Gasteiger charge is 2.37. The molecular formula is C34H33ClF4N4O2S. The van der Waals surface area contributed by atoms with Crippen molar-refractivity contribution in [1.82, 2.24) is 15.2 Å². The number of ether oxygens (including phenoxy) is 1. The number of alkyl halides is 5. The molecule has 1 aliphatic carbocycles. The van der Waals surface area contributed by atoms with Crippen LogP contribution < -0.4 is 10.6 Å². The Labute approximate surface area is 275 Å². The molecule has 1 aliphatic rings. The van der Waals surface area contributed by atoms with Crippen molar-refractivity contribution in [2.75, 3.05) is 0 Å². The number of carbonyl (C=O) groups excluding carboxylic acids is 1. The highest BCUT2D eigenvalue weighted by molar-refractivity contribution is 7.80. The van der Waals surface area contributed by atoms with Gasteiger partial charge in [0.05, 0.1) is 34.0 Å². The van der Waals surface area contributed by atoms with Crippen LogP contribution in [0.2, 0.25) is 0 Å². The maximum atomic E-state index is 15.2. The first-order chi connectivity index (χ1) is 21.6. The molecule has 0 spiro atoms. The summed E-state index contributed by atoms with van der Waals surface area (Å²) < 4.78 is 64.6. The van der Waals surface area contributed by atoms with Crippen LogP contribution in [0.4, 0.5) is 22.4 Å². The van der Waals surface area contributed by atoms with Gasteiger partial charge in [-0.25, -0.2) is 9.18 Å². The molecule has 2 N–H and O–H groups in total. The normalized spacial score (nSPS) is 15.7. The lowest BCUT2D eigenvalue weighted by Gasteiger charge is -2.23. The number of allylic oxidation sites excluding steroid dienone is 4. The minimum absolute atomic E-state index is 0.0183. The highest BCUT2D eigenvalue weighted by Crippen LogP contribution is 2.37. The maximum Gasteiger partial charge on any atom is 0.418 e. The molecule has 2 unspecified atom stereocenters. The fraction of sp³-hybridized carbons (Fsp3) is 0.324. The van der Waals surface area contributed by atoms with Crippen molar-refractivity contribution in [3.8, 4) is 11.8 Å². The van der Waals surface area contributed by atoms with E-state index in [2.05, 4.69) is 16.7 Å². The Balaban J connectivity index is 1.68. The van der Waals surface area contributed by atoms with Crippen LogP contribution in [0.1, 0.15) is 73.1 Å². The number of carbonyl (C=O) groups is 1. The van der Waals surface area contributed by atoms with Crippen LogP contribution >= 0.6 is 23.8 Å². The van der Waals surface area contributed by atoms with E-state index < -0.39 is 35.0 Å². The van der Waals surface area contributed by atoms with Gasteiger partial charge in [0.1, 0.15) is 16.8 Å². The van der Waals surface area contributed by atoms with Gasteiger partial charge < -0.3 is 19.9 Å². The van der Waals surface area contributed by atoms with Crippen LogP contribution in [0, 0.1) is 11.3 Å². The summed E-state index contributed by atoms with van der Waals surface area (Å²) in [6.45, 7) is 6.87. The van der Waals surface area contributed by atoms with Gasteiger partial charge in [-0.15, -0.1) is 11.6 Å². The van der Waals surface area contributed by atoms with Gasteiger partial charge in [0.2, 0.25) is 0 Å². The van der Waals surface area contributed by atoms with E-state index in [1.165, 1.54) is 10.6 Å². The molecule has 46 heavy (non-hydrogen) atoms. The number of hydrogen-bond donors (Lipinski definition) is 2. The Kier molecular flexibility index (Phi) is 10.6. The zero-order valence-corrected chi connectivity index (χ0v) is 27.2. The molecule has 4 rings (SSSR count). The van der Waals surface area contributed by atoms with Gasteiger partial charge in [0.25, 0.3) is 0 Å². The summed E-state index contributed by atoms with van der Waals surface area (Å²) in [4.78, 5) is 12.1. The lowest BCUT2D eigenvalue weighted by atomic mass is 9.95. The van der Waals surface area contributed by atoms with E-state index in [1.807, 2.05) is 0 Å². The number of nitrogens with zero attached hydrogens (tertiary/aromatic N) is 2. The SMILES string of the molecule is CCc1c(C(F)(F)F)cc(C(=S)NC2=CC(C(Cl)c3cccc(C#N)c3)=CCC2F)n1-c1cccc(CNC(=O)OC(C)(C)C)c1. The highest BCUT2D eigenvalue weighted by atomic mass is 35.5. The van der Waals surface area contributed by atoms with Crippen molar-refractivity contribution in [2.45, 2.75) is 70.4 Å². The first kappa shape index (κ1) is 34.7. The molecule has 0 radical (unpaired) electrons. The molecule has 0 aliphatic heterocycles. The number of amides is 1. The molecule has 0 saturated carbocycles. The Hall–Kier alpha value is -4.14. The predicted octanol–water partition coefficient (Wildman–Crippen LogP) is 8.75. The topological polar surface area (TPSA) is 79.1 Å². The third-order valence-electron chi connectivity index (χ3n) is 7.06. The van der Waals surface area contributed by atoms with Gasteiger partial charge in [0, 0.05) is 24.3 Å². The molecule has 0 bridgehead atoms. The molecule has 1 amide bonds. The molecule has 242 valence electrons. The molecule has 1 aromatic heterocycles. The number of thiocarbonyl (C=S) groups is 1. The van der Waals surface area contributed by atoms with Crippen molar-refractivity contribution >= 4 is 34.9 Å². The third-order valence-corrected chi connectivity index (χ3v) is 7.87. The Bertz CT molecular complexity index is 1730. The maximum absolute atomic E-state index is 15.2. The molecule has 2 aromatic carbocycles. The summed E-state index contributed by atoms with van der Waals surface area (Å²) in [5, 5.41) is 14.0. The average molecular weight is 673 g/mol. The van der Waals surface area contributed by atoms with Crippen molar-refractivity contribution in [2.24, 2.45) is 0 Å². The number of benzene rings is 2. The van der Waals surface area contributed by atoms with E-state index in [9.17, 15) is 23.2 Å². The molecule has 2 atom stereocenters. The van der Waals surface area contributed by atoms with Gasteiger partial charge >= 0.3 is 12.3 Å².